The van der Waals surface area contributed by atoms with Gasteiger partial charge in [-0.3, -0.25) is 0 Å². The van der Waals surface area contributed by atoms with Crippen molar-refractivity contribution in [2.45, 2.75) is 38.7 Å². The van der Waals surface area contributed by atoms with E-state index in [0.29, 0.717) is 6.61 Å². The van der Waals surface area contributed by atoms with Crippen molar-refractivity contribution in [3.8, 4) is 11.5 Å². The van der Waals surface area contributed by atoms with Gasteiger partial charge in [-0.05, 0) is 60.5 Å². The minimum absolute atomic E-state index is 0.125. The molecule has 0 bridgehead atoms. The van der Waals surface area contributed by atoms with Gasteiger partial charge in [-0.25, -0.2) is 0 Å². The lowest BCUT2D eigenvalue weighted by molar-refractivity contribution is 0.0476. The third-order valence-corrected chi connectivity index (χ3v) is 6.51. The maximum atomic E-state index is 12.3. The van der Waals surface area contributed by atoms with E-state index in [2.05, 4.69) is 25.7 Å². The highest BCUT2D eigenvalue weighted by molar-refractivity contribution is 5.44. The minimum atomic E-state index is -1.18. The van der Waals surface area contributed by atoms with E-state index in [1.165, 1.54) is 0 Å². The van der Waals surface area contributed by atoms with E-state index in [9.17, 15) is 5.11 Å². The molecule has 0 amide bonds. The Hall–Kier alpha value is -2.82. The largest absolute Gasteiger partial charge is 0.497 e. The lowest BCUT2D eigenvalue weighted by atomic mass is 9.72. The molecule has 2 atom stereocenters. The SMILES string of the molecule is CCC(c1ccc(OC)cc1)C(O)(c1ccccc1)c1ccc(OCCN(CC)CC)cc1. The third-order valence-electron chi connectivity index (χ3n) is 6.51. The second-order valence-electron chi connectivity index (χ2n) is 8.27. The molecule has 1 N–H and O–H groups in total. The molecule has 0 saturated heterocycles. The van der Waals surface area contributed by atoms with E-state index in [1.807, 2.05) is 78.9 Å². The fourth-order valence-corrected chi connectivity index (χ4v) is 4.51. The highest BCUT2D eigenvalue weighted by atomic mass is 16.5. The topological polar surface area (TPSA) is 41.9 Å². The molecular formula is C29H37NO3. The van der Waals surface area contributed by atoms with Crippen molar-refractivity contribution in [1.29, 1.82) is 0 Å². The van der Waals surface area contributed by atoms with Gasteiger partial charge in [0, 0.05) is 12.5 Å². The molecule has 0 spiro atoms. The van der Waals surface area contributed by atoms with E-state index < -0.39 is 5.60 Å². The smallest absolute Gasteiger partial charge is 0.121 e. The standard InChI is InChI=1S/C29H37NO3/c1-5-28(23-13-17-26(32-4)18-14-23)29(31,24-11-9-8-10-12-24)25-15-19-27(20-16-25)33-22-21-30(6-2)7-3/h8-20,28,31H,5-7,21-22H2,1-4H3. The van der Waals surface area contributed by atoms with Crippen molar-refractivity contribution in [1.82, 2.24) is 4.90 Å². The normalized spacial score (nSPS) is 14.0. The lowest BCUT2D eigenvalue weighted by Crippen LogP contribution is -2.34. The summed E-state index contributed by atoms with van der Waals surface area (Å²) in [5.41, 5.74) is 1.63. The Bertz CT molecular complexity index is 952. The van der Waals surface area contributed by atoms with Gasteiger partial charge in [0.05, 0.1) is 7.11 Å². The summed E-state index contributed by atoms with van der Waals surface area (Å²) in [6.45, 7) is 10.0. The number of rotatable bonds is 12. The number of ether oxygens (including phenoxy) is 2. The fourth-order valence-electron chi connectivity index (χ4n) is 4.51. The predicted octanol–water partition coefficient (Wildman–Crippen LogP) is 5.85. The van der Waals surface area contributed by atoms with Crippen LogP contribution in [0, 0.1) is 0 Å². The van der Waals surface area contributed by atoms with Crippen LogP contribution in [0.25, 0.3) is 0 Å². The van der Waals surface area contributed by atoms with Crippen LogP contribution in [0.15, 0.2) is 78.9 Å². The van der Waals surface area contributed by atoms with Crippen molar-refractivity contribution in [3.05, 3.63) is 95.6 Å². The van der Waals surface area contributed by atoms with Crippen LogP contribution in [0.3, 0.4) is 0 Å². The third kappa shape index (κ3) is 5.76. The first-order valence-corrected chi connectivity index (χ1v) is 11.9. The van der Waals surface area contributed by atoms with Crippen LogP contribution in [-0.4, -0.2) is 43.4 Å². The maximum Gasteiger partial charge on any atom is 0.121 e. The van der Waals surface area contributed by atoms with E-state index in [-0.39, 0.29) is 5.92 Å². The Morgan fingerprint density at radius 3 is 1.91 bits per heavy atom. The van der Waals surface area contributed by atoms with Crippen molar-refractivity contribution >= 4 is 0 Å². The first kappa shape index (κ1) is 24.8. The van der Waals surface area contributed by atoms with E-state index in [1.54, 1.807) is 7.11 Å². The van der Waals surface area contributed by atoms with Crippen molar-refractivity contribution in [2.24, 2.45) is 0 Å². The number of hydrogen-bond donors (Lipinski definition) is 1. The molecular weight excluding hydrogens is 410 g/mol. The molecule has 0 aliphatic carbocycles. The van der Waals surface area contributed by atoms with Gasteiger partial charge in [0.15, 0.2) is 0 Å². The molecule has 4 heteroatoms. The molecule has 0 heterocycles. The zero-order valence-corrected chi connectivity index (χ0v) is 20.3. The van der Waals surface area contributed by atoms with E-state index >= 15 is 0 Å². The quantitative estimate of drug-likeness (QED) is 0.378. The highest BCUT2D eigenvalue weighted by Crippen LogP contribution is 2.45. The van der Waals surface area contributed by atoms with E-state index in [4.69, 9.17) is 9.47 Å². The Kier molecular flexibility index (Phi) is 8.93. The van der Waals surface area contributed by atoms with Crippen molar-refractivity contribution in [2.75, 3.05) is 33.4 Å². The Morgan fingerprint density at radius 1 is 0.788 bits per heavy atom. The zero-order chi connectivity index (χ0) is 23.7. The zero-order valence-electron chi connectivity index (χ0n) is 20.3. The summed E-state index contributed by atoms with van der Waals surface area (Å²) in [6.07, 6.45) is 0.778. The summed E-state index contributed by atoms with van der Waals surface area (Å²) >= 11 is 0. The molecule has 0 fully saturated rings. The molecule has 0 aromatic heterocycles. The molecule has 4 nitrogen and oxygen atoms in total. The predicted molar refractivity (Wildman–Crippen MR) is 135 cm³/mol. The number of methoxy groups -OCH3 is 1. The Balaban J connectivity index is 1.92. The van der Waals surface area contributed by atoms with Gasteiger partial charge in [-0.15, -0.1) is 0 Å². The summed E-state index contributed by atoms with van der Waals surface area (Å²) in [5.74, 6) is 1.50. The summed E-state index contributed by atoms with van der Waals surface area (Å²) in [5, 5.41) is 12.3. The number of nitrogens with zero attached hydrogens (tertiary/aromatic N) is 1. The number of likely N-dealkylation sites (N-methyl/N-ethyl adjacent to an activating group) is 1. The van der Waals surface area contributed by atoms with Gasteiger partial charge in [0.1, 0.15) is 23.7 Å². The minimum Gasteiger partial charge on any atom is -0.497 e. The van der Waals surface area contributed by atoms with Crippen LogP contribution in [0.1, 0.15) is 49.8 Å². The maximum absolute atomic E-state index is 12.3. The molecule has 2 unspecified atom stereocenters. The van der Waals surface area contributed by atoms with E-state index in [0.717, 1.165) is 54.2 Å². The number of benzene rings is 3. The average molecular weight is 448 g/mol. The summed E-state index contributed by atoms with van der Waals surface area (Å²) in [6, 6.07) is 25.9. The number of hydrogen-bond acceptors (Lipinski definition) is 4. The Labute approximate surface area is 198 Å². The van der Waals surface area contributed by atoms with Gasteiger partial charge in [-0.2, -0.15) is 0 Å². The monoisotopic (exact) mass is 447 g/mol. The molecule has 3 aromatic carbocycles. The lowest BCUT2D eigenvalue weighted by Gasteiger charge is -2.37. The van der Waals surface area contributed by atoms with Gasteiger partial charge in [0.2, 0.25) is 0 Å². The molecule has 3 aromatic rings. The molecule has 0 aliphatic rings. The van der Waals surface area contributed by atoms with Crippen molar-refractivity contribution < 1.29 is 14.6 Å². The van der Waals surface area contributed by atoms with Crippen LogP contribution in [0.5, 0.6) is 11.5 Å². The van der Waals surface area contributed by atoms with Crippen molar-refractivity contribution in [3.63, 3.8) is 0 Å². The molecule has 0 radical (unpaired) electrons. The van der Waals surface area contributed by atoms with Crippen LogP contribution in [0.2, 0.25) is 0 Å². The first-order valence-electron chi connectivity index (χ1n) is 11.9. The summed E-state index contributed by atoms with van der Waals surface area (Å²) in [4.78, 5) is 2.34. The fraction of sp³-hybridized carbons (Fsp3) is 0.379. The van der Waals surface area contributed by atoms with Gasteiger partial charge in [-0.1, -0.05) is 75.4 Å². The second-order valence-corrected chi connectivity index (χ2v) is 8.27. The van der Waals surface area contributed by atoms with Crippen LogP contribution < -0.4 is 9.47 Å². The Morgan fingerprint density at radius 2 is 1.36 bits per heavy atom. The van der Waals surface area contributed by atoms with Crippen LogP contribution in [0.4, 0.5) is 0 Å². The van der Waals surface area contributed by atoms with Gasteiger partial charge in [0.25, 0.3) is 0 Å². The summed E-state index contributed by atoms with van der Waals surface area (Å²) in [7, 11) is 1.66. The molecule has 176 valence electrons. The van der Waals surface area contributed by atoms with Gasteiger partial charge < -0.3 is 19.5 Å². The first-order chi connectivity index (χ1) is 16.1. The molecule has 33 heavy (non-hydrogen) atoms. The summed E-state index contributed by atoms with van der Waals surface area (Å²) < 4.78 is 11.3. The molecule has 0 saturated carbocycles. The van der Waals surface area contributed by atoms with Crippen LogP contribution in [-0.2, 0) is 5.60 Å². The molecule has 0 aliphatic heterocycles. The highest BCUT2D eigenvalue weighted by Gasteiger charge is 2.40. The second kappa shape index (κ2) is 11.9. The average Bonchev–Trinajstić information content (AvgIpc) is 2.88. The number of aliphatic hydroxyl groups is 1. The molecule has 3 rings (SSSR count). The van der Waals surface area contributed by atoms with Gasteiger partial charge >= 0.3 is 0 Å². The van der Waals surface area contributed by atoms with Crippen LogP contribution >= 0.6 is 0 Å².